The maximum Gasteiger partial charge on any atom is 0.256 e. The van der Waals surface area contributed by atoms with E-state index in [0.29, 0.717) is 23.5 Å². The Kier molecular flexibility index (Phi) is 11.1. The van der Waals surface area contributed by atoms with Gasteiger partial charge in [0, 0.05) is 18.2 Å². The van der Waals surface area contributed by atoms with E-state index in [0.717, 1.165) is 30.5 Å². The summed E-state index contributed by atoms with van der Waals surface area (Å²) in [4.78, 5) is 39.1. The molecular formula is C33H44N6O3. The molecule has 3 amide bonds. The quantitative estimate of drug-likeness (QED) is 0.225. The van der Waals surface area contributed by atoms with Crippen LogP contribution in [0, 0.1) is 5.92 Å². The van der Waals surface area contributed by atoms with E-state index in [1.807, 2.05) is 30.3 Å². The molecule has 9 nitrogen and oxygen atoms in total. The molecule has 1 saturated carbocycles. The predicted octanol–water partition coefficient (Wildman–Crippen LogP) is 5.15. The lowest BCUT2D eigenvalue weighted by atomic mass is 9.85. The highest BCUT2D eigenvalue weighted by Crippen LogP contribution is 2.28. The molecule has 0 aliphatic heterocycles. The van der Waals surface area contributed by atoms with Crippen LogP contribution < -0.4 is 21.7 Å². The van der Waals surface area contributed by atoms with Gasteiger partial charge >= 0.3 is 0 Å². The first-order chi connectivity index (χ1) is 20.4. The van der Waals surface area contributed by atoms with Crippen LogP contribution >= 0.6 is 0 Å². The number of hydrogen-bond donors (Lipinski definition) is 4. The Bertz CT molecular complexity index is 1310. The third-order valence-electron chi connectivity index (χ3n) is 8.26. The predicted molar refractivity (Wildman–Crippen MR) is 165 cm³/mol. The second-order valence-corrected chi connectivity index (χ2v) is 11.2. The van der Waals surface area contributed by atoms with Crippen LogP contribution in [0.5, 0.6) is 0 Å². The Balaban J connectivity index is 1.34. The molecule has 1 aromatic heterocycles. The van der Waals surface area contributed by atoms with E-state index in [4.69, 9.17) is 5.73 Å². The molecule has 224 valence electrons. The van der Waals surface area contributed by atoms with Crippen molar-refractivity contribution in [2.75, 3.05) is 5.73 Å². The van der Waals surface area contributed by atoms with Gasteiger partial charge in [-0.05, 0) is 61.4 Å². The average Bonchev–Trinajstić information content (AvgIpc) is 3.42. The first-order valence-corrected chi connectivity index (χ1v) is 15.3. The number of anilines is 1. The number of para-hydroxylation sites is 1. The van der Waals surface area contributed by atoms with Crippen molar-refractivity contribution in [1.29, 1.82) is 0 Å². The van der Waals surface area contributed by atoms with Crippen molar-refractivity contribution in [1.82, 2.24) is 25.7 Å². The van der Waals surface area contributed by atoms with Crippen LogP contribution in [0.25, 0.3) is 5.69 Å². The molecule has 3 aromatic rings. The molecule has 9 heteroatoms. The van der Waals surface area contributed by atoms with Crippen molar-refractivity contribution < 1.29 is 14.4 Å². The molecule has 1 aliphatic rings. The van der Waals surface area contributed by atoms with E-state index < -0.39 is 6.04 Å². The smallest absolute Gasteiger partial charge is 0.256 e. The highest BCUT2D eigenvalue weighted by Gasteiger charge is 2.25. The number of carbonyl (C=O) groups excluding carboxylic acids is 3. The zero-order valence-electron chi connectivity index (χ0n) is 24.8. The van der Waals surface area contributed by atoms with E-state index in [1.54, 1.807) is 24.3 Å². The molecule has 1 fully saturated rings. The largest absolute Gasteiger partial charge is 0.383 e. The van der Waals surface area contributed by atoms with Crippen LogP contribution in [0.2, 0.25) is 0 Å². The lowest BCUT2D eigenvalue weighted by Crippen LogP contribution is -2.49. The molecule has 0 bridgehead atoms. The second-order valence-electron chi connectivity index (χ2n) is 11.2. The zero-order chi connectivity index (χ0) is 29.9. The third kappa shape index (κ3) is 8.21. The van der Waals surface area contributed by atoms with Crippen molar-refractivity contribution in [3.8, 4) is 5.69 Å². The van der Waals surface area contributed by atoms with Crippen LogP contribution in [-0.2, 0) is 11.3 Å². The fourth-order valence-electron chi connectivity index (χ4n) is 5.54. The first kappa shape index (κ1) is 30.8. The third-order valence-corrected chi connectivity index (χ3v) is 8.26. The lowest BCUT2D eigenvalue weighted by molar-refractivity contribution is -0.124. The molecule has 1 aliphatic carbocycles. The Morgan fingerprint density at radius 1 is 0.929 bits per heavy atom. The minimum absolute atomic E-state index is 0.101. The highest BCUT2D eigenvalue weighted by atomic mass is 16.2. The number of aromatic nitrogens is 2. The Hall–Kier alpha value is -4.14. The molecule has 2 aromatic carbocycles. The van der Waals surface area contributed by atoms with E-state index in [9.17, 15) is 14.4 Å². The maximum absolute atomic E-state index is 13.2. The van der Waals surface area contributed by atoms with Crippen LogP contribution in [0.3, 0.4) is 0 Å². The SMILES string of the molecule is CCC(CC)NC(=O)[C@H](CCC1CCCCC1)NC(=O)c1ccc(CNC(=O)c2cnn(-c3ccccc3)c2N)cc1. The summed E-state index contributed by atoms with van der Waals surface area (Å²) in [5.41, 5.74) is 8.55. The van der Waals surface area contributed by atoms with Gasteiger partial charge in [0.15, 0.2) is 0 Å². The lowest BCUT2D eigenvalue weighted by Gasteiger charge is -2.26. The number of nitrogens with zero attached hydrogens (tertiary/aromatic N) is 2. The number of rotatable bonds is 13. The minimum Gasteiger partial charge on any atom is -0.383 e. The van der Waals surface area contributed by atoms with Crippen LogP contribution in [0.15, 0.2) is 60.8 Å². The normalized spacial score (nSPS) is 14.4. The van der Waals surface area contributed by atoms with Crippen LogP contribution in [0.1, 0.15) is 97.9 Å². The van der Waals surface area contributed by atoms with Gasteiger partial charge in [0.2, 0.25) is 5.91 Å². The standard InChI is InChI=1S/C33H44N6O3/c1-3-26(4-2)37-33(42)29(20-17-23-11-7-5-8-12-23)38-31(40)25-18-15-24(16-19-25)21-35-32(41)28-22-36-39(30(28)34)27-13-9-6-10-14-27/h6,9-10,13-16,18-19,22-23,26,29H,3-5,7-8,11-12,17,20-21,34H2,1-2H3,(H,35,41)(H,37,42)(H,38,40)/t29-/m0/s1. The topological polar surface area (TPSA) is 131 Å². The number of nitrogens with two attached hydrogens (primary N) is 1. The molecule has 5 N–H and O–H groups in total. The van der Waals surface area contributed by atoms with Gasteiger partial charge in [-0.15, -0.1) is 0 Å². The molecule has 1 heterocycles. The van der Waals surface area contributed by atoms with Crippen molar-refractivity contribution in [2.45, 2.75) is 90.3 Å². The summed E-state index contributed by atoms with van der Waals surface area (Å²) in [6.45, 7) is 4.37. The summed E-state index contributed by atoms with van der Waals surface area (Å²) in [5, 5.41) is 13.2. The first-order valence-electron chi connectivity index (χ1n) is 15.3. The van der Waals surface area contributed by atoms with Gasteiger partial charge in [0.05, 0.1) is 11.9 Å². The molecular weight excluding hydrogens is 528 g/mol. The fourth-order valence-corrected chi connectivity index (χ4v) is 5.54. The highest BCUT2D eigenvalue weighted by molar-refractivity contribution is 5.99. The number of carbonyl (C=O) groups is 3. The average molecular weight is 573 g/mol. The van der Waals surface area contributed by atoms with Gasteiger partial charge in [0.25, 0.3) is 11.8 Å². The summed E-state index contributed by atoms with van der Waals surface area (Å²) >= 11 is 0. The molecule has 0 spiro atoms. The summed E-state index contributed by atoms with van der Waals surface area (Å²) in [6, 6.07) is 15.9. The van der Waals surface area contributed by atoms with Crippen LogP contribution in [0.4, 0.5) is 5.82 Å². The molecule has 0 saturated heterocycles. The van der Waals surface area contributed by atoms with Gasteiger partial charge in [-0.1, -0.05) is 76.3 Å². The van der Waals surface area contributed by atoms with Gasteiger partial charge in [-0.3, -0.25) is 14.4 Å². The Morgan fingerprint density at radius 3 is 2.29 bits per heavy atom. The fraction of sp³-hybridized carbons (Fsp3) is 0.455. The molecule has 0 radical (unpaired) electrons. The zero-order valence-corrected chi connectivity index (χ0v) is 24.8. The summed E-state index contributed by atoms with van der Waals surface area (Å²) in [5.74, 6) is 0.163. The van der Waals surface area contributed by atoms with Gasteiger partial charge in [-0.2, -0.15) is 5.10 Å². The number of benzene rings is 2. The number of amides is 3. The Labute approximate surface area is 248 Å². The molecule has 4 rings (SSSR count). The van der Waals surface area contributed by atoms with E-state index in [2.05, 4.69) is 34.9 Å². The van der Waals surface area contributed by atoms with Gasteiger partial charge in [0.1, 0.15) is 17.4 Å². The second kappa shape index (κ2) is 15.2. The van der Waals surface area contributed by atoms with Gasteiger partial charge < -0.3 is 21.7 Å². The number of hydrogen-bond acceptors (Lipinski definition) is 5. The Morgan fingerprint density at radius 2 is 1.62 bits per heavy atom. The van der Waals surface area contributed by atoms with Crippen molar-refractivity contribution in [3.05, 3.63) is 77.5 Å². The van der Waals surface area contributed by atoms with Crippen molar-refractivity contribution in [3.63, 3.8) is 0 Å². The number of nitrogen functional groups attached to an aromatic ring is 1. The van der Waals surface area contributed by atoms with E-state index in [1.165, 1.54) is 43.0 Å². The van der Waals surface area contributed by atoms with Gasteiger partial charge in [-0.25, -0.2) is 4.68 Å². The van der Waals surface area contributed by atoms with E-state index in [-0.39, 0.29) is 36.1 Å². The molecule has 42 heavy (non-hydrogen) atoms. The van der Waals surface area contributed by atoms with Crippen LogP contribution in [-0.4, -0.2) is 39.6 Å². The summed E-state index contributed by atoms with van der Waals surface area (Å²) in [6.07, 6.45) is 10.9. The summed E-state index contributed by atoms with van der Waals surface area (Å²) in [7, 11) is 0. The monoisotopic (exact) mass is 572 g/mol. The van der Waals surface area contributed by atoms with Crippen molar-refractivity contribution >= 4 is 23.5 Å². The maximum atomic E-state index is 13.2. The van der Waals surface area contributed by atoms with E-state index >= 15 is 0 Å². The van der Waals surface area contributed by atoms with Crippen molar-refractivity contribution in [2.24, 2.45) is 5.92 Å². The molecule has 1 atom stereocenters. The number of nitrogens with one attached hydrogen (secondary N) is 3. The molecule has 0 unspecified atom stereocenters. The summed E-state index contributed by atoms with van der Waals surface area (Å²) < 4.78 is 1.52. The minimum atomic E-state index is -0.568.